The summed E-state index contributed by atoms with van der Waals surface area (Å²) < 4.78 is 0. The van der Waals surface area contributed by atoms with Gasteiger partial charge < -0.3 is 0 Å². The molecule has 1 fully saturated rings. The largest absolute Gasteiger partial charge is 0.290 e. The Kier molecular flexibility index (Phi) is 2.38. The summed E-state index contributed by atoms with van der Waals surface area (Å²) in [5.41, 5.74) is 0. The summed E-state index contributed by atoms with van der Waals surface area (Å²) in [6, 6.07) is 0. The van der Waals surface area contributed by atoms with Crippen molar-refractivity contribution in [3.05, 3.63) is 12.2 Å². The van der Waals surface area contributed by atoms with Gasteiger partial charge in [0.05, 0.1) is 0 Å². The first-order valence-electron chi connectivity index (χ1n) is 4.77. The molecule has 4 nitrogen and oxygen atoms in total. The molecule has 1 aliphatic carbocycles. The second kappa shape index (κ2) is 3.68. The molecule has 0 aliphatic heterocycles. The van der Waals surface area contributed by atoms with E-state index in [0.29, 0.717) is 5.82 Å². The molecule has 0 amide bonds. The third kappa shape index (κ3) is 1.76. The van der Waals surface area contributed by atoms with Crippen molar-refractivity contribution >= 4 is 5.78 Å². The van der Waals surface area contributed by atoms with Gasteiger partial charge in [-0.15, -0.1) is 0 Å². The summed E-state index contributed by atoms with van der Waals surface area (Å²) in [7, 11) is 0. The number of H-pyrrole nitrogens is 1. The van der Waals surface area contributed by atoms with Gasteiger partial charge in [-0.25, -0.2) is 4.98 Å². The highest BCUT2D eigenvalue weighted by atomic mass is 16.1. The molecule has 1 aromatic heterocycles. The highest BCUT2D eigenvalue weighted by Crippen LogP contribution is 2.25. The Bertz CT molecular complexity index is 275. The van der Waals surface area contributed by atoms with Gasteiger partial charge >= 0.3 is 0 Å². The lowest BCUT2D eigenvalue weighted by atomic mass is 9.86. The maximum Gasteiger partial charge on any atom is 0.202 e. The molecule has 1 N–H and O–H groups in total. The van der Waals surface area contributed by atoms with Crippen molar-refractivity contribution in [3.8, 4) is 0 Å². The number of aromatic nitrogens is 3. The zero-order chi connectivity index (χ0) is 9.10. The first-order valence-corrected chi connectivity index (χ1v) is 4.77. The lowest BCUT2D eigenvalue weighted by Gasteiger charge is -2.18. The van der Waals surface area contributed by atoms with Crippen LogP contribution in [0.1, 0.15) is 42.7 Å². The van der Waals surface area contributed by atoms with Gasteiger partial charge in [0.25, 0.3) is 0 Å². The summed E-state index contributed by atoms with van der Waals surface area (Å²) in [5.74, 6) is 0.741. The van der Waals surface area contributed by atoms with Crippen LogP contribution in [0.4, 0.5) is 0 Å². The minimum absolute atomic E-state index is 0.136. The molecule has 0 aromatic carbocycles. The van der Waals surface area contributed by atoms with E-state index in [9.17, 15) is 4.79 Å². The molecule has 0 saturated heterocycles. The maximum atomic E-state index is 11.7. The van der Waals surface area contributed by atoms with Crippen molar-refractivity contribution in [3.63, 3.8) is 0 Å². The number of hydrogen-bond acceptors (Lipinski definition) is 3. The summed E-state index contributed by atoms with van der Waals surface area (Å²) in [5, 5.41) is 6.30. The lowest BCUT2D eigenvalue weighted by Crippen LogP contribution is -2.19. The standard InChI is InChI=1S/C9H13N3O/c13-8(9-10-6-11-12-9)7-4-2-1-3-5-7/h6-7H,1-5H2,(H,10,11,12). The number of carbonyl (C=O) groups is 1. The van der Waals surface area contributed by atoms with Crippen molar-refractivity contribution in [2.45, 2.75) is 32.1 Å². The molecule has 0 unspecified atom stereocenters. The number of nitrogens with zero attached hydrogens (tertiary/aromatic N) is 2. The highest BCUT2D eigenvalue weighted by Gasteiger charge is 2.23. The predicted octanol–water partition coefficient (Wildman–Crippen LogP) is 1.57. The van der Waals surface area contributed by atoms with Gasteiger partial charge in [0.2, 0.25) is 5.78 Å². The Morgan fingerprint density at radius 2 is 2.15 bits per heavy atom. The van der Waals surface area contributed by atoms with Crippen LogP contribution < -0.4 is 0 Å². The number of aromatic amines is 1. The first kappa shape index (κ1) is 8.41. The fourth-order valence-corrected chi connectivity index (χ4v) is 1.88. The van der Waals surface area contributed by atoms with Gasteiger partial charge in [-0.2, -0.15) is 5.10 Å². The molecule has 0 radical (unpaired) electrons. The fraction of sp³-hybridized carbons (Fsp3) is 0.667. The quantitative estimate of drug-likeness (QED) is 0.701. The van der Waals surface area contributed by atoms with E-state index >= 15 is 0 Å². The second-order valence-electron chi connectivity index (χ2n) is 3.53. The Balaban J connectivity index is 2.04. The van der Waals surface area contributed by atoms with E-state index < -0.39 is 0 Å². The number of ketones is 1. The SMILES string of the molecule is O=C(c1ncn[nH]1)C1CCCCC1. The van der Waals surface area contributed by atoms with Crippen molar-refractivity contribution in [1.82, 2.24) is 15.2 Å². The van der Waals surface area contributed by atoms with Crippen LogP contribution >= 0.6 is 0 Å². The molecular formula is C9H13N3O. The molecule has 0 bridgehead atoms. The molecule has 1 heterocycles. The predicted molar refractivity (Wildman–Crippen MR) is 47.3 cm³/mol. The van der Waals surface area contributed by atoms with Crippen molar-refractivity contribution in [2.24, 2.45) is 5.92 Å². The molecule has 0 atom stereocenters. The molecule has 70 valence electrons. The van der Waals surface area contributed by atoms with Gasteiger partial charge in [-0.05, 0) is 12.8 Å². The summed E-state index contributed by atoms with van der Waals surface area (Å²) in [4.78, 5) is 15.6. The molecule has 2 rings (SSSR count). The normalized spacial score (nSPS) is 18.8. The van der Waals surface area contributed by atoms with Crippen LogP contribution in [0, 0.1) is 5.92 Å². The molecule has 0 spiro atoms. The van der Waals surface area contributed by atoms with Crippen LogP contribution in [0.25, 0.3) is 0 Å². The smallest absolute Gasteiger partial charge is 0.202 e. The second-order valence-corrected chi connectivity index (χ2v) is 3.53. The average molecular weight is 179 g/mol. The highest BCUT2D eigenvalue weighted by molar-refractivity contribution is 5.94. The van der Waals surface area contributed by atoms with Gasteiger partial charge in [0.15, 0.2) is 5.82 Å². The van der Waals surface area contributed by atoms with Crippen LogP contribution in [0.15, 0.2) is 6.33 Å². The maximum absolute atomic E-state index is 11.7. The van der Waals surface area contributed by atoms with Crippen LogP contribution in [0.2, 0.25) is 0 Å². The van der Waals surface area contributed by atoms with E-state index in [1.54, 1.807) is 0 Å². The van der Waals surface area contributed by atoms with E-state index in [4.69, 9.17) is 0 Å². The van der Waals surface area contributed by atoms with Gasteiger partial charge in [0, 0.05) is 5.92 Å². The first-order chi connectivity index (χ1) is 6.38. The number of Topliss-reactive ketones (excluding diaryl/α,β-unsaturated/α-hetero) is 1. The van der Waals surface area contributed by atoms with Crippen LogP contribution in [0.3, 0.4) is 0 Å². The molecule has 1 aliphatic rings. The summed E-state index contributed by atoms with van der Waals surface area (Å²) in [6.45, 7) is 0. The Morgan fingerprint density at radius 3 is 2.77 bits per heavy atom. The number of rotatable bonds is 2. The number of carbonyl (C=O) groups excluding carboxylic acids is 1. The average Bonchev–Trinajstić information content (AvgIpc) is 2.71. The monoisotopic (exact) mass is 179 g/mol. The number of nitrogens with one attached hydrogen (secondary N) is 1. The zero-order valence-corrected chi connectivity index (χ0v) is 7.49. The van der Waals surface area contributed by atoms with Crippen molar-refractivity contribution < 1.29 is 4.79 Å². The van der Waals surface area contributed by atoms with E-state index in [0.717, 1.165) is 12.8 Å². The fourth-order valence-electron chi connectivity index (χ4n) is 1.88. The third-order valence-corrected chi connectivity index (χ3v) is 2.62. The summed E-state index contributed by atoms with van der Waals surface area (Å²) in [6.07, 6.45) is 7.02. The lowest BCUT2D eigenvalue weighted by molar-refractivity contribution is 0.0879. The Labute approximate surface area is 76.8 Å². The van der Waals surface area contributed by atoms with E-state index in [-0.39, 0.29) is 11.7 Å². The van der Waals surface area contributed by atoms with Crippen LogP contribution in [-0.2, 0) is 0 Å². The van der Waals surface area contributed by atoms with Crippen LogP contribution in [-0.4, -0.2) is 21.0 Å². The minimum atomic E-state index is 0.136. The van der Waals surface area contributed by atoms with Crippen molar-refractivity contribution in [1.29, 1.82) is 0 Å². The molecule has 1 saturated carbocycles. The van der Waals surface area contributed by atoms with Gasteiger partial charge in [0.1, 0.15) is 6.33 Å². The summed E-state index contributed by atoms with van der Waals surface area (Å²) >= 11 is 0. The van der Waals surface area contributed by atoms with Gasteiger partial charge in [-0.1, -0.05) is 19.3 Å². The Hall–Kier alpha value is -1.19. The molecule has 1 aromatic rings. The van der Waals surface area contributed by atoms with E-state index in [1.807, 2.05) is 0 Å². The van der Waals surface area contributed by atoms with Gasteiger partial charge in [-0.3, -0.25) is 9.89 Å². The molecular weight excluding hydrogens is 166 g/mol. The molecule has 4 heteroatoms. The van der Waals surface area contributed by atoms with E-state index in [1.165, 1.54) is 25.6 Å². The minimum Gasteiger partial charge on any atom is -0.290 e. The molecule has 13 heavy (non-hydrogen) atoms. The number of hydrogen-bond donors (Lipinski definition) is 1. The van der Waals surface area contributed by atoms with E-state index in [2.05, 4.69) is 15.2 Å². The van der Waals surface area contributed by atoms with Crippen molar-refractivity contribution in [2.75, 3.05) is 0 Å². The topological polar surface area (TPSA) is 58.6 Å². The zero-order valence-electron chi connectivity index (χ0n) is 7.49. The third-order valence-electron chi connectivity index (χ3n) is 2.62. The Morgan fingerprint density at radius 1 is 1.38 bits per heavy atom. The van der Waals surface area contributed by atoms with Crippen LogP contribution in [0.5, 0.6) is 0 Å².